The molecule has 0 saturated carbocycles. The molecule has 0 atom stereocenters. The number of rotatable bonds is 6. The van der Waals surface area contributed by atoms with Crippen molar-refractivity contribution in [2.75, 3.05) is 5.75 Å². The van der Waals surface area contributed by atoms with Crippen LogP contribution in [0.3, 0.4) is 0 Å². The Morgan fingerprint density at radius 3 is 2.35 bits per heavy atom. The maximum atomic E-state index is 12.0. The monoisotopic (exact) mass is 346 g/mol. The van der Waals surface area contributed by atoms with E-state index >= 15 is 0 Å². The van der Waals surface area contributed by atoms with Gasteiger partial charge in [0.15, 0.2) is 0 Å². The van der Waals surface area contributed by atoms with Gasteiger partial charge in [0.2, 0.25) is 5.91 Å². The summed E-state index contributed by atoms with van der Waals surface area (Å²) in [4.78, 5) is 11.8. The van der Waals surface area contributed by atoms with Gasteiger partial charge in [0.1, 0.15) is 0 Å². The fourth-order valence-corrected chi connectivity index (χ4v) is 3.66. The van der Waals surface area contributed by atoms with Crippen LogP contribution in [0.2, 0.25) is 0 Å². The zero-order valence-electron chi connectivity index (χ0n) is 12.1. The molecule has 1 N–H and O–H groups in total. The van der Waals surface area contributed by atoms with Crippen LogP contribution in [0.5, 0.6) is 0 Å². The first-order chi connectivity index (χ1) is 11.0. The first-order valence-corrected chi connectivity index (χ1v) is 9.32. The SMILES string of the molecule is N#Cc1ccc(CSCC(=O)NS(=O)(=O)c2ccccc2)cc1. The molecular weight excluding hydrogens is 332 g/mol. The van der Waals surface area contributed by atoms with Gasteiger partial charge < -0.3 is 0 Å². The molecule has 0 fully saturated rings. The van der Waals surface area contributed by atoms with E-state index in [4.69, 9.17) is 5.26 Å². The van der Waals surface area contributed by atoms with Crippen molar-refractivity contribution in [3.05, 3.63) is 65.7 Å². The Balaban J connectivity index is 1.84. The van der Waals surface area contributed by atoms with Gasteiger partial charge in [0.05, 0.1) is 22.3 Å². The molecule has 0 aliphatic rings. The summed E-state index contributed by atoms with van der Waals surface area (Å²) in [5, 5.41) is 8.71. The van der Waals surface area contributed by atoms with E-state index in [1.807, 2.05) is 22.9 Å². The number of sulfonamides is 1. The summed E-state index contributed by atoms with van der Waals surface area (Å²) in [7, 11) is -3.81. The number of carbonyl (C=O) groups is 1. The Kier molecular flexibility index (Phi) is 5.79. The third-order valence-electron chi connectivity index (χ3n) is 2.89. The molecule has 2 aromatic rings. The molecular formula is C16H14N2O3S2. The highest BCUT2D eigenvalue weighted by molar-refractivity contribution is 7.99. The maximum Gasteiger partial charge on any atom is 0.264 e. The quantitative estimate of drug-likeness (QED) is 0.867. The number of nitrogens with one attached hydrogen (secondary N) is 1. The van der Waals surface area contributed by atoms with Gasteiger partial charge in [-0.2, -0.15) is 5.26 Å². The molecule has 118 valence electrons. The van der Waals surface area contributed by atoms with Gasteiger partial charge in [0.25, 0.3) is 10.0 Å². The zero-order valence-corrected chi connectivity index (χ0v) is 13.7. The van der Waals surface area contributed by atoms with Gasteiger partial charge in [-0.25, -0.2) is 13.1 Å². The molecule has 0 bridgehead atoms. The van der Waals surface area contributed by atoms with Crippen LogP contribution in [-0.2, 0) is 20.6 Å². The first-order valence-electron chi connectivity index (χ1n) is 6.69. The largest absolute Gasteiger partial charge is 0.273 e. The molecule has 0 spiro atoms. The summed E-state index contributed by atoms with van der Waals surface area (Å²) in [6.45, 7) is 0. The summed E-state index contributed by atoms with van der Waals surface area (Å²) in [5.41, 5.74) is 1.54. The van der Waals surface area contributed by atoms with Crippen LogP contribution in [-0.4, -0.2) is 20.1 Å². The molecule has 23 heavy (non-hydrogen) atoms. The Morgan fingerprint density at radius 2 is 1.74 bits per heavy atom. The van der Waals surface area contributed by atoms with Gasteiger partial charge >= 0.3 is 0 Å². The third kappa shape index (κ3) is 5.13. The minimum atomic E-state index is -3.81. The number of benzene rings is 2. The second kappa shape index (κ2) is 7.81. The summed E-state index contributed by atoms with van der Waals surface area (Å²) in [6.07, 6.45) is 0. The predicted molar refractivity (Wildman–Crippen MR) is 89.1 cm³/mol. The lowest BCUT2D eigenvalue weighted by Gasteiger charge is -2.06. The summed E-state index contributed by atoms with van der Waals surface area (Å²) < 4.78 is 26.0. The van der Waals surface area contributed by atoms with E-state index in [-0.39, 0.29) is 10.6 Å². The third-order valence-corrected chi connectivity index (χ3v) is 5.28. The summed E-state index contributed by atoms with van der Waals surface area (Å²) >= 11 is 1.30. The average molecular weight is 346 g/mol. The highest BCUT2D eigenvalue weighted by atomic mass is 32.2. The van der Waals surface area contributed by atoms with Crippen molar-refractivity contribution in [3.8, 4) is 6.07 Å². The molecule has 0 unspecified atom stereocenters. The highest BCUT2D eigenvalue weighted by Crippen LogP contribution is 2.13. The molecule has 1 amide bonds. The van der Waals surface area contributed by atoms with E-state index in [0.29, 0.717) is 11.3 Å². The Morgan fingerprint density at radius 1 is 1.09 bits per heavy atom. The van der Waals surface area contributed by atoms with Crippen molar-refractivity contribution in [2.24, 2.45) is 0 Å². The van der Waals surface area contributed by atoms with Crippen LogP contribution >= 0.6 is 11.8 Å². The topological polar surface area (TPSA) is 87.0 Å². The van der Waals surface area contributed by atoms with E-state index in [1.165, 1.54) is 23.9 Å². The smallest absolute Gasteiger partial charge is 0.264 e. The maximum absolute atomic E-state index is 12.0. The number of hydrogen-bond donors (Lipinski definition) is 1. The fraction of sp³-hybridized carbons (Fsp3) is 0.125. The van der Waals surface area contributed by atoms with Crippen molar-refractivity contribution in [1.82, 2.24) is 4.72 Å². The lowest BCUT2D eigenvalue weighted by atomic mass is 10.2. The molecule has 0 aromatic heterocycles. The van der Waals surface area contributed by atoms with Crippen LogP contribution < -0.4 is 4.72 Å². The number of carbonyl (C=O) groups excluding carboxylic acids is 1. The van der Waals surface area contributed by atoms with Crippen LogP contribution in [0.1, 0.15) is 11.1 Å². The number of nitrogens with zero attached hydrogens (tertiary/aromatic N) is 1. The van der Waals surface area contributed by atoms with Crippen LogP contribution in [0.4, 0.5) is 0 Å². The van der Waals surface area contributed by atoms with E-state index in [2.05, 4.69) is 0 Å². The van der Waals surface area contributed by atoms with Crippen LogP contribution in [0, 0.1) is 11.3 Å². The lowest BCUT2D eigenvalue weighted by Crippen LogP contribution is -2.31. The standard InChI is InChI=1S/C16H14N2O3S2/c17-10-13-6-8-14(9-7-13)11-22-12-16(19)18-23(20,21)15-4-2-1-3-5-15/h1-9H,11-12H2,(H,18,19). The number of amides is 1. The first kappa shape index (κ1) is 17.1. The molecule has 5 nitrogen and oxygen atoms in total. The molecule has 2 rings (SSSR count). The summed E-state index contributed by atoms with van der Waals surface area (Å²) in [5.74, 6) is 0.0313. The number of nitriles is 1. The number of hydrogen-bond acceptors (Lipinski definition) is 5. The Hall–Kier alpha value is -2.30. The zero-order chi connectivity index (χ0) is 16.7. The molecule has 0 heterocycles. The molecule has 0 aliphatic carbocycles. The second-order valence-corrected chi connectivity index (χ2v) is 7.31. The van der Waals surface area contributed by atoms with Gasteiger partial charge in [0, 0.05) is 5.75 Å². The summed E-state index contributed by atoms with van der Waals surface area (Å²) in [6, 6.07) is 16.8. The lowest BCUT2D eigenvalue weighted by molar-refractivity contribution is -0.116. The molecule has 0 aliphatic heterocycles. The minimum absolute atomic E-state index is 0.0338. The molecule has 7 heteroatoms. The normalized spacial score (nSPS) is 10.7. The van der Waals surface area contributed by atoms with Crippen molar-refractivity contribution >= 4 is 27.7 Å². The van der Waals surface area contributed by atoms with Crippen molar-refractivity contribution in [2.45, 2.75) is 10.6 Å². The van der Waals surface area contributed by atoms with Crippen LogP contribution in [0.25, 0.3) is 0 Å². The number of thioether (sulfide) groups is 1. The molecule has 2 aromatic carbocycles. The predicted octanol–water partition coefficient (Wildman–Crippen LogP) is 2.30. The fourth-order valence-electron chi connectivity index (χ4n) is 1.77. The van der Waals surface area contributed by atoms with Gasteiger partial charge in [-0.15, -0.1) is 11.8 Å². The second-order valence-electron chi connectivity index (χ2n) is 4.64. The Labute approximate surface area is 139 Å². The molecule has 0 radical (unpaired) electrons. The van der Waals surface area contributed by atoms with Gasteiger partial charge in [-0.3, -0.25) is 4.79 Å². The highest BCUT2D eigenvalue weighted by Gasteiger charge is 2.16. The van der Waals surface area contributed by atoms with E-state index in [9.17, 15) is 13.2 Å². The van der Waals surface area contributed by atoms with Crippen molar-refractivity contribution < 1.29 is 13.2 Å². The average Bonchev–Trinajstić information content (AvgIpc) is 2.56. The van der Waals surface area contributed by atoms with Crippen molar-refractivity contribution in [3.63, 3.8) is 0 Å². The van der Waals surface area contributed by atoms with Crippen LogP contribution in [0.15, 0.2) is 59.5 Å². The minimum Gasteiger partial charge on any atom is -0.273 e. The van der Waals surface area contributed by atoms with E-state index < -0.39 is 15.9 Å². The van der Waals surface area contributed by atoms with E-state index in [1.54, 1.807) is 30.3 Å². The Bertz CT molecular complexity index is 811. The van der Waals surface area contributed by atoms with Gasteiger partial charge in [-0.05, 0) is 29.8 Å². The molecule has 0 saturated heterocycles. The van der Waals surface area contributed by atoms with Gasteiger partial charge in [-0.1, -0.05) is 30.3 Å². The van der Waals surface area contributed by atoms with E-state index in [0.717, 1.165) is 5.56 Å². The van der Waals surface area contributed by atoms with Crippen molar-refractivity contribution in [1.29, 1.82) is 5.26 Å².